The molecule has 0 spiro atoms. The Balaban J connectivity index is 2.37. The number of hydrogen-bond donors (Lipinski definition) is 0. The highest BCUT2D eigenvalue weighted by atomic mass is 31.2. The van der Waals surface area contributed by atoms with E-state index in [4.69, 9.17) is 23.5 Å². The maximum absolute atomic E-state index is 12.0. The highest BCUT2D eigenvalue weighted by molar-refractivity contribution is 7.57. The first-order valence-corrected chi connectivity index (χ1v) is 10.7. The van der Waals surface area contributed by atoms with Crippen molar-refractivity contribution < 1.29 is 28.0 Å². The fraction of sp³-hybridized carbons (Fsp3) is 0.300. The number of ether oxygens (including phenoxy) is 4. The predicted molar refractivity (Wildman–Crippen MR) is 108 cm³/mol. The average Bonchev–Trinajstić information content (AvgIpc) is 2.64. The van der Waals surface area contributed by atoms with E-state index in [1.807, 2.05) is 30.4 Å². The normalized spacial score (nSPS) is 11.3. The molecule has 0 amide bonds. The minimum atomic E-state index is -2.71. The Morgan fingerprint density at radius 2 is 1.22 bits per heavy atom. The molecule has 0 unspecified atom stereocenters. The van der Waals surface area contributed by atoms with Crippen LogP contribution in [0.5, 0.6) is 28.7 Å². The fourth-order valence-corrected chi connectivity index (χ4v) is 3.11. The topological polar surface area (TPSA) is 63.2 Å². The summed E-state index contributed by atoms with van der Waals surface area (Å²) in [6.45, 7) is 3.12. The van der Waals surface area contributed by atoms with Crippen LogP contribution in [0.4, 0.5) is 0 Å². The summed E-state index contributed by atoms with van der Waals surface area (Å²) in [7, 11) is 3.55. The maximum atomic E-state index is 12.0. The Hall–Kier alpha value is -2.59. The van der Waals surface area contributed by atoms with Crippen LogP contribution >= 0.6 is 7.37 Å². The Kier molecular flexibility index (Phi) is 6.81. The molecule has 7 heteroatoms. The molecule has 0 aliphatic carbocycles. The molecular weight excluding hydrogens is 367 g/mol. The van der Waals surface area contributed by atoms with E-state index >= 15 is 0 Å². The predicted octanol–water partition coefficient (Wildman–Crippen LogP) is 4.81. The van der Waals surface area contributed by atoms with Crippen molar-refractivity contribution in [2.45, 2.75) is 0 Å². The second-order valence-corrected chi connectivity index (χ2v) is 8.73. The third-order valence-corrected chi connectivity index (χ3v) is 4.30. The van der Waals surface area contributed by atoms with Gasteiger partial charge in [0.1, 0.15) is 0 Å². The lowest BCUT2D eigenvalue weighted by Gasteiger charge is -2.14. The van der Waals surface area contributed by atoms with Crippen LogP contribution < -0.4 is 23.5 Å². The highest BCUT2D eigenvalue weighted by Gasteiger charge is 2.14. The molecule has 2 aromatic rings. The van der Waals surface area contributed by atoms with Crippen molar-refractivity contribution in [3.05, 3.63) is 41.5 Å². The van der Waals surface area contributed by atoms with Crippen molar-refractivity contribution in [1.82, 2.24) is 0 Å². The Morgan fingerprint density at radius 3 is 1.70 bits per heavy atom. The minimum absolute atomic E-state index is 0.442. The van der Waals surface area contributed by atoms with Crippen molar-refractivity contribution in [2.75, 3.05) is 41.8 Å². The zero-order valence-electron chi connectivity index (χ0n) is 16.4. The average molecular weight is 392 g/mol. The van der Waals surface area contributed by atoms with E-state index in [9.17, 15) is 4.57 Å². The van der Waals surface area contributed by atoms with Crippen LogP contribution in [-0.2, 0) is 4.57 Å². The van der Waals surface area contributed by atoms with Gasteiger partial charge in [-0.1, -0.05) is 18.2 Å². The molecule has 0 saturated carbocycles. The van der Waals surface area contributed by atoms with E-state index < -0.39 is 7.37 Å². The molecule has 0 heterocycles. The minimum Gasteiger partial charge on any atom is -0.493 e. The summed E-state index contributed by atoms with van der Waals surface area (Å²) in [4.78, 5) is 0. The summed E-state index contributed by atoms with van der Waals surface area (Å²) >= 11 is 0. The molecule has 0 atom stereocenters. The monoisotopic (exact) mass is 392 g/mol. The SMILES string of the molecule is COc1ccc(/C=C/c2cc(OC)c(OC)c(OC)c2)cc1OP(C)(C)=O. The van der Waals surface area contributed by atoms with Gasteiger partial charge in [-0.2, -0.15) is 0 Å². The van der Waals surface area contributed by atoms with Gasteiger partial charge in [0, 0.05) is 13.3 Å². The van der Waals surface area contributed by atoms with Crippen molar-refractivity contribution in [2.24, 2.45) is 0 Å². The Morgan fingerprint density at radius 1 is 0.704 bits per heavy atom. The van der Waals surface area contributed by atoms with E-state index in [2.05, 4.69) is 0 Å². The third-order valence-electron chi connectivity index (χ3n) is 3.66. The first-order valence-electron chi connectivity index (χ1n) is 8.22. The molecule has 0 saturated heterocycles. The first kappa shape index (κ1) is 20.7. The van der Waals surface area contributed by atoms with E-state index in [0.29, 0.717) is 28.7 Å². The molecule has 0 N–H and O–H groups in total. The number of hydrogen-bond acceptors (Lipinski definition) is 6. The molecule has 0 fully saturated rings. The second-order valence-electron chi connectivity index (χ2n) is 6.05. The van der Waals surface area contributed by atoms with Crippen molar-refractivity contribution in [3.8, 4) is 28.7 Å². The Bertz CT molecular complexity index is 844. The van der Waals surface area contributed by atoms with Gasteiger partial charge in [0.15, 0.2) is 23.0 Å². The third kappa shape index (κ3) is 5.44. The molecule has 146 valence electrons. The van der Waals surface area contributed by atoms with Gasteiger partial charge < -0.3 is 23.5 Å². The van der Waals surface area contributed by atoms with Gasteiger partial charge in [-0.3, -0.25) is 4.57 Å². The molecule has 0 aliphatic heterocycles. The smallest absolute Gasteiger partial charge is 0.242 e. The second kappa shape index (κ2) is 8.87. The lowest BCUT2D eigenvalue weighted by molar-refractivity contribution is 0.324. The van der Waals surface area contributed by atoms with Gasteiger partial charge in [-0.15, -0.1) is 0 Å². The van der Waals surface area contributed by atoms with Crippen LogP contribution in [0.2, 0.25) is 0 Å². The lowest BCUT2D eigenvalue weighted by Crippen LogP contribution is -1.95. The lowest BCUT2D eigenvalue weighted by atomic mass is 10.1. The molecule has 6 nitrogen and oxygen atoms in total. The fourth-order valence-electron chi connectivity index (χ4n) is 2.50. The van der Waals surface area contributed by atoms with Crippen LogP contribution in [0.1, 0.15) is 11.1 Å². The summed E-state index contributed by atoms with van der Waals surface area (Å²) in [5.41, 5.74) is 1.74. The van der Waals surface area contributed by atoms with E-state index in [-0.39, 0.29) is 0 Å². The molecule has 0 aliphatic rings. The van der Waals surface area contributed by atoms with Crippen LogP contribution in [0, 0.1) is 0 Å². The first-order chi connectivity index (χ1) is 12.8. The number of benzene rings is 2. The molecule has 2 rings (SSSR count). The van der Waals surface area contributed by atoms with Crippen molar-refractivity contribution in [3.63, 3.8) is 0 Å². The Labute approximate surface area is 160 Å². The molecule has 27 heavy (non-hydrogen) atoms. The van der Waals surface area contributed by atoms with Crippen LogP contribution in [0.25, 0.3) is 12.2 Å². The molecule has 0 bridgehead atoms. The van der Waals surface area contributed by atoms with Crippen molar-refractivity contribution in [1.29, 1.82) is 0 Å². The highest BCUT2D eigenvalue weighted by Crippen LogP contribution is 2.43. The zero-order valence-corrected chi connectivity index (χ0v) is 17.3. The number of rotatable bonds is 8. The van der Waals surface area contributed by atoms with Crippen LogP contribution in [0.3, 0.4) is 0 Å². The van der Waals surface area contributed by atoms with Gasteiger partial charge in [0.2, 0.25) is 13.1 Å². The molecule has 2 aromatic carbocycles. The van der Waals surface area contributed by atoms with E-state index in [1.165, 1.54) is 0 Å². The summed E-state index contributed by atoms with van der Waals surface area (Å²) in [5.74, 6) is 2.67. The van der Waals surface area contributed by atoms with E-state index in [1.54, 1.807) is 53.9 Å². The van der Waals surface area contributed by atoms with Gasteiger partial charge >= 0.3 is 0 Å². The largest absolute Gasteiger partial charge is 0.493 e. The summed E-state index contributed by atoms with van der Waals surface area (Å²) in [6.07, 6.45) is 3.82. The van der Waals surface area contributed by atoms with Crippen LogP contribution in [0.15, 0.2) is 30.3 Å². The number of methoxy groups -OCH3 is 4. The standard InChI is InChI=1S/C20H25O6P/c1-22-16-10-9-14(11-17(16)26-27(5,6)21)7-8-15-12-18(23-2)20(25-4)19(13-15)24-3/h7-13H,1-6H3/b8-7+. The van der Waals surface area contributed by atoms with Crippen molar-refractivity contribution >= 4 is 19.5 Å². The molecular formula is C20H25O6P. The summed E-state index contributed by atoms with van der Waals surface area (Å²) < 4.78 is 38.9. The summed E-state index contributed by atoms with van der Waals surface area (Å²) in [5, 5.41) is 0. The summed E-state index contributed by atoms with van der Waals surface area (Å²) in [6, 6.07) is 9.15. The van der Waals surface area contributed by atoms with Gasteiger partial charge in [0.25, 0.3) is 0 Å². The van der Waals surface area contributed by atoms with E-state index in [0.717, 1.165) is 11.1 Å². The van der Waals surface area contributed by atoms with Gasteiger partial charge in [-0.25, -0.2) is 0 Å². The maximum Gasteiger partial charge on any atom is 0.242 e. The van der Waals surface area contributed by atoms with Gasteiger partial charge in [-0.05, 0) is 35.4 Å². The quantitative estimate of drug-likeness (QED) is 0.475. The molecule has 0 radical (unpaired) electrons. The molecule has 0 aromatic heterocycles. The zero-order chi connectivity index (χ0) is 20.0. The van der Waals surface area contributed by atoms with Crippen LogP contribution in [-0.4, -0.2) is 41.8 Å². The van der Waals surface area contributed by atoms with Gasteiger partial charge in [0.05, 0.1) is 28.4 Å².